The summed E-state index contributed by atoms with van der Waals surface area (Å²) in [4.78, 5) is 3.92. The van der Waals surface area contributed by atoms with E-state index in [0.29, 0.717) is 5.69 Å². The lowest BCUT2D eigenvalue weighted by Gasteiger charge is -2.05. The normalized spacial score (nSPS) is 10.1. The smallest absolute Gasteiger partial charge is 0.140 e. The molecule has 0 saturated carbocycles. The first-order valence-electron chi connectivity index (χ1n) is 5.41. The van der Waals surface area contributed by atoms with Crippen molar-refractivity contribution in [3.05, 3.63) is 48.0 Å². The van der Waals surface area contributed by atoms with E-state index < -0.39 is 0 Å². The molecule has 0 unspecified atom stereocenters. The van der Waals surface area contributed by atoms with Gasteiger partial charge in [0.1, 0.15) is 11.8 Å². The van der Waals surface area contributed by atoms with E-state index >= 15 is 0 Å². The van der Waals surface area contributed by atoms with Gasteiger partial charge in [0.25, 0.3) is 0 Å². The van der Waals surface area contributed by atoms with Crippen LogP contribution >= 0.6 is 0 Å². The predicted molar refractivity (Wildman–Crippen MR) is 62.9 cm³/mol. The highest BCUT2D eigenvalue weighted by atomic mass is 15.3. The van der Waals surface area contributed by atoms with Crippen LogP contribution in [0, 0.1) is 11.3 Å². The lowest BCUT2D eigenvalue weighted by molar-refractivity contribution is 0.554. The van der Waals surface area contributed by atoms with Gasteiger partial charge in [0, 0.05) is 31.7 Å². The highest BCUT2D eigenvalue weighted by molar-refractivity contribution is 5.25. The van der Waals surface area contributed by atoms with Crippen molar-refractivity contribution >= 4 is 0 Å². The van der Waals surface area contributed by atoms with Crippen molar-refractivity contribution in [3.63, 3.8) is 0 Å². The Bertz CT molecular complexity index is 498. The summed E-state index contributed by atoms with van der Waals surface area (Å²) in [6.45, 7) is 2.41. The molecule has 0 radical (unpaired) electrons. The first-order valence-corrected chi connectivity index (χ1v) is 5.41. The van der Waals surface area contributed by atoms with E-state index in [1.165, 1.54) is 0 Å². The van der Waals surface area contributed by atoms with Gasteiger partial charge in [-0.2, -0.15) is 10.4 Å². The van der Waals surface area contributed by atoms with Crippen LogP contribution in [0.2, 0.25) is 0 Å². The lowest BCUT2D eigenvalue weighted by atomic mass is 10.2. The van der Waals surface area contributed by atoms with Crippen molar-refractivity contribution in [1.82, 2.24) is 20.1 Å². The van der Waals surface area contributed by atoms with Gasteiger partial charge in [-0.1, -0.05) is 0 Å². The van der Waals surface area contributed by atoms with Gasteiger partial charge in [-0.3, -0.25) is 4.68 Å². The fourth-order valence-electron chi connectivity index (χ4n) is 1.50. The molecule has 0 saturated heterocycles. The fraction of sp³-hybridized carbons (Fsp3) is 0.250. The molecule has 2 rings (SSSR count). The third-order valence-corrected chi connectivity index (χ3v) is 2.34. The average Bonchev–Trinajstić information content (AvgIpc) is 2.88. The van der Waals surface area contributed by atoms with E-state index in [2.05, 4.69) is 15.4 Å². The maximum Gasteiger partial charge on any atom is 0.140 e. The number of aromatic nitrogens is 3. The zero-order valence-electron chi connectivity index (χ0n) is 9.37. The molecule has 2 aromatic rings. The van der Waals surface area contributed by atoms with Gasteiger partial charge < -0.3 is 5.32 Å². The molecule has 0 aromatic carbocycles. The Kier molecular flexibility index (Phi) is 3.84. The van der Waals surface area contributed by atoms with E-state index in [9.17, 15) is 0 Å². The van der Waals surface area contributed by atoms with Crippen LogP contribution in [0.25, 0.3) is 0 Å². The summed E-state index contributed by atoms with van der Waals surface area (Å²) >= 11 is 0. The Morgan fingerprint density at radius 2 is 2.35 bits per heavy atom. The Balaban J connectivity index is 1.76. The third kappa shape index (κ3) is 3.40. The second-order valence-corrected chi connectivity index (χ2v) is 3.61. The lowest BCUT2D eigenvalue weighted by Crippen LogP contribution is -2.19. The minimum atomic E-state index is 0.455. The van der Waals surface area contributed by atoms with E-state index in [1.807, 2.05) is 29.1 Å². The number of pyridine rings is 1. The number of nitriles is 1. The van der Waals surface area contributed by atoms with E-state index in [0.717, 1.165) is 25.2 Å². The topological polar surface area (TPSA) is 66.5 Å². The van der Waals surface area contributed by atoms with Crippen molar-refractivity contribution in [2.75, 3.05) is 6.54 Å². The fourth-order valence-corrected chi connectivity index (χ4v) is 1.50. The zero-order valence-corrected chi connectivity index (χ0v) is 9.37. The molecule has 0 atom stereocenters. The summed E-state index contributed by atoms with van der Waals surface area (Å²) in [5.41, 5.74) is 1.52. The Morgan fingerprint density at radius 1 is 1.41 bits per heavy atom. The van der Waals surface area contributed by atoms with Gasteiger partial charge >= 0.3 is 0 Å². The minimum absolute atomic E-state index is 0.455. The van der Waals surface area contributed by atoms with Gasteiger partial charge in [0.05, 0.1) is 6.54 Å². The van der Waals surface area contributed by atoms with Crippen LogP contribution in [-0.4, -0.2) is 21.3 Å². The molecule has 86 valence electrons. The van der Waals surface area contributed by atoms with Crippen LogP contribution in [0.3, 0.4) is 0 Å². The maximum absolute atomic E-state index is 8.71. The summed E-state index contributed by atoms with van der Waals surface area (Å²) < 4.78 is 1.88. The molecule has 1 N–H and O–H groups in total. The first-order chi connectivity index (χ1) is 8.38. The number of nitrogens with zero attached hydrogens (tertiary/aromatic N) is 4. The number of hydrogen-bond acceptors (Lipinski definition) is 4. The molecule has 0 fully saturated rings. The van der Waals surface area contributed by atoms with Crippen molar-refractivity contribution in [2.45, 2.75) is 13.1 Å². The molecule has 0 spiro atoms. The van der Waals surface area contributed by atoms with Crippen molar-refractivity contribution < 1.29 is 0 Å². The van der Waals surface area contributed by atoms with E-state index in [-0.39, 0.29) is 0 Å². The molecule has 2 heterocycles. The predicted octanol–water partition coefficient (Wildman–Crippen LogP) is 0.940. The summed E-state index contributed by atoms with van der Waals surface area (Å²) in [5.74, 6) is 0. The quantitative estimate of drug-likeness (QED) is 0.772. The maximum atomic E-state index is 8.71. The van der Waals surface area contributed by atoms with Crippen molar-refractivity contribution in [3.8, 4) is 6.07 Å². The van der Waals surface area contributed by atoms with E-state index in [1.54, 1.807) is 18.5 Å². The third-order valence-electron chi connectivity index (χ3n) is 2.34. The van der Waals surface area contributed by atoms with Gasteiger partial charge in [0.2, 0.25) is 0 Å². The van der Waals surface area contributed by atoms with Crippen LogP contribution < -0.4 is 5.32 Å². The standard InChI is InChI=1S/C12H13N5/c13-9-12-8-11(2-4-15-12)10-14-5-7-17-6-1-3-16-17/h1-4,6,8,14H,5,7,10H2. The van der Waals surface area contributed by atoms with Gasteiger partial charge in [-0.25, -0.2) is 4.98 Å². The Morgan fingerprint density at radius 3 is 3.12 bits per heavy atom. The molecule has 0 bridgehead atoms. The zero-order chi connectivity index (χ0) is 11.9. The average molecular weight is 227 g/mol. The van der Waals surface area contributed by atoms with E-state index in [4.69, 9.17) is 5.26 Å². The molecular weight excluding hydrogens is 214 g/mol. The molecule has 0 aliphatic carbocycles. The monoisotopic (exact) mass is 227 g/mol. The molecule has 2 aromatic heterocycles. The molecule has 0 aliphatic rings. The van der Waals surface area contributed by atoms with Crippen LogP contribution in [0.15, 0.2) is 36.8 Å². The number of rotatable bonds is 5. The van der Waals surface area contributed by atoms with Crippen LogP contribution in [0.4, 0.5) is 0 Å². The number of hydrogen-bond donors (Lipinski definition) is 1. The second-order valence-electron chi connectivity index (χ2n) is 3.61. The molecule has 5 heteroatoms. The summed E-state index contributed by atoms with van der Waals surface area (Å²) in [7, 11) is 0. The Hall–Kier alpha value is -2.19. The van der Waals surface area contributed by atoms with Crippen molar-refractivity contribution in [2.24, 2.45) is 0 Å². The highest BCUT2D eigenvalue weighted by Crippen LogP contribution is 1.99. The molecule has 5 nitrogen and oxygen atoms in total. The largest absolute Gasteiger partial charge is 0.311 e. The summed E-state index contributed by atoms with van der Waals surface area (Å²) in [5, 5.41) is 16.1. The number of nitrogens with one attached hydrogen (secondary N) is 1. The van der Waals surface area contributed by atoms with Gasteiger partial charge in [-0.05, 0) is 23.8 Å². The molecule has 17 heavy (non-hydrogen) atoms. The van der Waals surface area contributed by atoms with Crippen LogP contribution in [0.1, 0.15) is 11.3 Å². The van der Waals surface area contributed by atoms with Crippen LogP contribution in [0.5, 0.6) is 0 Å². The molecular formula is C12H13N5. The molecule has 0 aliphatic heterocycles. The first kappa shape index (κ1) is 11.3. The van der Waals surface area contributed by atoms with Gasteiger partial charge in [-0.15, -0.1) is 0 Å². The van der Waals surface area contributed by atoms with Crippen molar-refractivity contribution in [1.29, 1.82) is 5.26 Å². The summed E-state index contributed by atoms with van der Waals surface area (Å²) in [6, 6.07) is 7.63. The summed E-state index contributed by atoms with van der Waals surface area (Å²) in [6.07, 6.45) is 5.35. The minimum Gasteiger partial charge on any atom is -0.311 e. The second kappa shape index (κ2) is 5.77. The SMILES string of the molecule is N#Cc1cc(CNCCn2cccn2)ccn1. The molecule has 0 amide bonds. The van der Waals surface area contributed by atoms with Crippen LogP contribution in [-0.2, 0) is 13.1 Å². The van der Waals surface area contributed by atoms with Gasteiger partial charge in [0.15, 0.2) is 0 Å². The Labute approximate surface area is 99.7 Å². The highest BCUT2D eigenvalue weighted by Gasteiger charge is 1.96.